The zero-order valence-electron chi connectivity index (χ0n) is 8.28. The van der Waals surface area contributed by atoms with E-state index in [1.807, 2.05) is 0 Å². The standard InChI is InChI=1S/C9H12F3N3/c1-13-5-2-3-7-6(4-5)8(15-14-7)9(10,11)12/h5,13H,2-4H2,1H3,(H,14,15). The minimum absolute atomic E-state index is 0.121. The molecule has 0 bridgehead atoms. The Bertz CT molecular complexity index is 356. The summed E-state index contributed by atoms with van der Waals surface area (Å²) in [5.41, 5.74) is 0.208. The molecule has 1 aliphatic carbocycles. The summed E-state index contributed by atoms with van der Waals surface area (Å²) < 4.78 is 37.6. The van der Waals surface area contributed by atoms with E-state index in [-0.39, 0.29) is 6.04 Å². The number of halogens is 3. The smallest absolute Gasteiger partial charge is 0.317 e. The van der Waals surface area contributed by atoms with Gasteiger partial charge < -0.3 is 5.32 Å². The van der Waals surface area contributed by atoms with Crippen molar-refractivity contribution in [3.8, 4) is 0 Å². The van der Waals surface area contributed by atoms with Crippen molar-refractivity contribution in [3.63, 3.8) is 0 Å². The van der Waals surface area contributed by atoms with Gasteiger partial charge in [0.15, 0.2) is 5.69 Å². The van der Waals surface area contributed by atoms with Crippen LogP contribution in [0.3, 0.4) is 0 Å². The largest absolute Gasteiger partial charge is 0.435 e. The van der Waals surface area contributed by atoms with Gasteiger partial charge in [-0.15, -0.1) is 0 Å². The molecule has 0 spiro atoms. The molecule has 15 heavy (non-hydrogen) atoms. The molecule has 1 aliphatic rings. The molecular formula is C9H12F3N3. The van der Waals surface area contributed by atoms with E-state index in [2.05, 4.69) is 15.5 Å². The Morgan fingerprint density at radius 2 is 2.20 bits per heavy atom. The minimum atomic E-state index is -4.35. The maximum absolute atomic E-state index is 12.5. The number of aromatic nitrogens is 2. The first kappa shape index (κ1) is 10.5. The van der Waals surface area contributed by atoms with Crippen molar-refractivity contribution in [1.29, 1.82) is 0 Å². The van der Waals surface area contributed by atoms with Crippen LogP contribution in [0, 0.1) is 0 Å². The van der Waals surface area contributed by atoms with Crippen LogP contribution >= 0.6 is 0 Å². The molecule has 1 aromatic heterocycles. The van der Waals surface area contributed by atoms with Crippen molar-refractivity contribution in [3.05, 3.63) is 17.0 Å². The quantitative estimate of drug-likeness (QED) is 0.751. The van der Waals surface area contributed by atoms with Crippen LogP contribution in [0.2, 0.25) is 0 Å². The number of hydrogen-bond acceptors (Lipinski definition) is 2. The van der Waals surface area contributed by atoms with E-state index in [9.17, 15) is 13.2 Å². The highest BCUT2D eigenvalue weighted by Crippen LogP contribution is 2.34. The maximum Gasteiger partial charge on any atom is 0.435 e. The van der Waals surface area contributed by atoms with E-state index >= 15 is 0 Å². The van der Waals surface area contributed by atoms with Crippen LogP contribution in [0.15, 0.2) is 0 Å². The van der Waals surface area contributed by atoms with Crippen molar-refractivity contribution in [1.82, 2.24) is 15.5 Å². The number of likely N-dealkylation sites (N-methyl/N-ethyl adjacent to an activating group) is 1. The fourth-order valence-electron chi connectivity index (χ4n) is 1.98. The lowest BCUT2D eigenvalue weighted by molar-refractivity contribution is -0.141. The summed E-state index contributed by atoms with van der Waals surface area (Å²) >= 11 is 0. The molecule has 1 atom stereocenters. The van der Waals surface area contributed by atoms with Crippen molar-refractivity contribution < 1.29 is 13.2 Å². The predicted octanol–water partition coefficient (Wildman–Crippen LogP) is 1.51. The van der Waals surface area contributed by atoms with Gasteiger partial charge in [-0.05, 0) is 26.3 Å². The van der Waals surface area contributed by atoms with E-state index in [0.717, 1.165) is 6.42 Å². The number of H-pyrrole nitrogens is 1. The molecule has 6 heteroatoms. The summed E-state index contributed by atoms with van der Waals surface area (Å²) in [7, 11) is 1.77. The average Bonchev–Trinajstić information content (AvgIpc) is 2.59. The van der Waals surface area contributed by atoms with Gasteiger partial charge in [0.25, 0.3) is 0 Å². The van der Waals surface area contributed by atoms with Gasteiger partial charge in [0.1, 0.15) is 0 Å². The van der Waals surface area contributed by atoms with Gasteiger partial charge in [0, 0.05) is 17.3 Å². The molecule has 2 rings (SSSR count). The number of aromatic amines is 1. The summed E-state index contributed by atoms with van der Waals surface area (Å²) in [6.07, 6.45) is -2.47. The Kier molecular flexibility index (Phi) is 2.46. The molecule has 0 amide bonds. The number of nitrogens with one attached hydrogen (secondary N) is 2. The van der Waals surface area contributed by atoms with Crippen LogP contribution in [-0.2, 0) is 19.0 Å². The summed E-state index contributed by atoms with van der Waals surface area (Å²) in [5, 5.41) is 8.84. The van der Waals surface area contributed by atoms with Gasteiger partial charge in [-0.1, -0.05) is 0 Å². The molecule has 3 nitrogen and oxygen atoms in total. The highest BCUT2D eigenvalue weighted by atomic mass is 19.4. The third-order valence-corrected chi connectivity index (χ3v) is 2.82. The number of alkyl halides is 3. The molecule has 1 unspecified atom stereocenters. The SMILES string of the molecule is CNC1CCc2[nH]nc(C(F)(F)F)c2C1. The van der Waals surface area contributed by atoms with E-state index in [0.29, 0.717) is 24.1 Å². The number of hydrogen-bond donors (Lipinski definition) is 2. The zero-order valence-corrected chi connectivity index (χ0v) is 8.28. The van der Waals surface area contributed by atoms with Gasteiger partial charge in [-0.25, -0.2) is 0 Å². The normalized spacial score (nSPS) is 21.5. The van der Waals surface area contributed by atoms with Crippen LogP contribution < -0.4 is 5.32 Å². The van der Waals surface area contributed by atoms with Gasteiger partial charge in [-0.3, -0.25) is 5.10 Å². The first-order valence-corrected chi connectivity index (χ1v) is 4.83. The first-order valence-electron chi connectivity index (χ1n) is 4.83. The summed E-state index contributed by atoms with van der Waals surface area (Å²) in [6, 6.07) is 0.121. The Balaban J connectivity index is 2.34. The van der Waals surface area contributed by atoms with Crippen LogP contribution in [0.1, 0.15) is 23.4 Å². The molecule has 0 radical (unpaired) electrons. The van der Waals surface area contributed by atoms with E-state index < -0.39 is 11.9 Å². The van der Waals surface area contributed by atoms with Gasteiger partial charge in [0.2, 0.25) is 0 Å². The summed E-state index contributed by atoms with van der Waals surface area (Å²) in [6.45, 7) is 0. The highest BCUT2D eigenvalue weighted by Gasteiger charge is 2.39. The van der Waals surface area contributed by atoms with Crippen molar-refractivity contribution >= 4 is 0 Å². The van der Waals surface area contributed by atoms with Crippen LogP contribution in [0.25, 0.3) is 0 Å². The fourth-order valence-corrected chi connectivity index (χ4v) is 1.98. The number of fused-ring (bicyclic) bond motifs is 1. The number of aryl methyl sites for hydroxylation is 1. The fraction of sp³-hybridized carbons (Fsp3) is 0.667. The molecular weight excluding hydrogens is 207 g/mol. The third-order valence-electron chi connectivity index (χ3n) is 2.82. The van der Waals surface area contributed by atoms with Crippen molar-refractivity contribution in [2.24, 2.45) is 0 Å². The Morgan fingerprint density at radius 3 is 2.80 bits per heavy atom. The lowest BCUT2D eigenvalue weighted by Crippen LogP contribution is -2.32. The number of rotatable bonds is 1. The molecule has 0 saturated carbocycles. The van der Waals surface area contributed by atoms with Crippen molar-refractivity contribution in [2.75, 3.05) is 7.05 Å². The third kappa shape index (κ3) is 1.86. The molecule has 0 fully saturated rings. The average molecular weight is 219 g/mol. The second kappa shape index (κ2) is 3.52. The lowest BCUT2D eigenvalue weighted by atomic mass is 9.91. The minimum Gasteiger partial charge on any atom is -0.317 e. The molecule has 0 aliphatic heterocycles. The second-order valence-corrected chi connectivity index (χ2v) is 3.76. The van der Waals surface area contributed by atoms with E-state index in [1.165, 1.54) is 0 Å². The topological polar surface area (TPSA) is 40.7 Å². The van der Waals surface area contributed by atoms with Crippen LogP contribution in [0.4, 0.5) is 13.2 Å². The van der Waals surface area contributed by atoms with Crippen molar-refractivity contribution in [2.45, 2.75) is 31.5 Å². The van der Waals surface area contributed by atoms with Crippen LogP contribution in [0.5, 0.6) is 0 Å². The maximum atomic E-state index is 12.5. The molecule has 0 aromatic carbocycles. The summed E-state index contributed by atoms with van der Waals surface area (Å²) in [4.78, 5) is 0. The van der Waals surface area contributed by atoms with E-state index in [4.69, 9.17) is 0 Å². The first-order chi connectivity index (χ1) is 7.02. The molecule has 0 saturated heterocycles. The van der Waals surface area contributed by atoms with E-state index in [1.54, 1.807) is 7.05 Å². The number of nitrogens with zero attached hydrogens (tertiary/aromatic N) is 1. The Labute approximate surface area is 85.1 Å². The Morgan fingerprint density at radius 1 is 1.47 bits per heavy atom. The van der Waals surface area contributed by atoms with Gasteiger partial charge in [-0.2, -0.15) is 18.3 Å². The zero-order chi connectivity index (χ0) is 11.1. The van der Waals surface area contributed by atoms with Gasteiger partial charge >= 0.3 is 6.18 Å². The molecule has 84 valence electrons. The molecule has 1 aromatic rings. The molecule has 2 N–H and O–H groups in total. The highest BCUT2D eigenvalue weighted by molar-refractivity contribution is 5.30. The lowest BCUT2D eigenvalue weighted by Gasteiger charge is -2.22. The molecule has 1 heterocycles. The van der Waals surface area contributed by atoms with Gasteiger partial charge in [0.05, 0.1) is 0 Å². The second-order valence-electron chi connectivity index (χ2n) is 3.76. The summed E-state index contributed by atoms with van der Waals surface area (Å²) in [5.74, 6) is 0. The van der Waals surface area contributed by atoms with Crippen LogP contribution in [-0.4, -0.2) is 23.3 Å². The monoisotopic (exact) mass is 219 g/mol. The predicted molar refractivity (Wildman–Crippen MR) is 48.5 cm³/mol. The Hall–Kier alpha value is -1.04.